The zero-order valence-electron chi connectivity index (χ0n) is 11.9. The fourth-order valence-corrected chi connectivity index (χ4v) is 4.38. The quantitative estimate of drug-likeness (QED) is 0.758. The molecule has 17 heavy (non-hydrogen) atoms. The Bertz CT molecular complexity index is 309. The van der Waals surface area contributed by atoms with Gasteiger partial charge in [-0.05, 0) is 37.8 Å². The number of piperidine rings is 1. The highest BCUT2D eigenvalue weighted by molar-refractivity contribution is 5.18. The molecule has 1 fully saturated rings. The zero-order chi connectivity index (χ0) is 12.7. The molecule has 2 heteroatoms. The Hall–Kier alpha value is -0.500. The van der Waals surface area contributed by atoms with Gasteiger partial charge in [-0.1, -0.05) is 40.2 Å². The van der Waals surface area contributed by atoms with Crippen LogP contribution in [-0.2, 0) is 0 Å². The van der Waals surface area contributed by atoms with E-state index in [0.717, 1.165) is 12.1 Å². The maximum Gasteiger partial charge on any atom is 0.0236 e. The molecule has 1 unspecified atom stereocenters. The molecule has 1 aliphatic carbocycles. The molecule has 2 aliphatic rings. The van der Waals surface area contributed by atoms with E-state index in [1.54, 1.807) is 0 Å². The summed E-state index contributed by atoms with van der Waals surface area (Å²) >= 11 is 0. The third-order valence-corrected chi connectivity index (χ3v) is 4.42. The van der Waals surface area contributed by atoms with E-state index in [1.165, 1.54) is 32.4 Å². The van der Waals surface area contributed by atoms with Crippen molar-refractivity contribution in [2.45, 2.75) is 59.4 Å². The van der Waals surface area contributed by atoms with Crippen molar-refractivity contribution in [3.8, 4) is 0 Å². The molecule has 98 valence electrons. The van der Waals surface area contributed by atoms with E-state index < -0.39 is 0 Å². The molecule has 1 heterocycles. The molecule has 0 saturated carbocycles. The third-order valence-electron chi connectivity index (χ3n) is 4.42. The first-order valence-electron chi connectivity index (χ1n) is 7.04. The molecule has 0 aromatic carbocycles. The lowest BCUT2D eigenvalue weighted by Gasteiger charge is -2.53. The van der Waals surface area contributed by atoms with Gasteiger partial charge in [0.05, 0.1) is 0 Å². The fourth-order valence-electron chi connectivity index (χ4n) is 4.38. The van der Waals surface area contributed by atoms with Crippen LogP contribution in [0.25, 0.3) is 0 Å². The van der Waals surface area contributed by atoms with Gasteiger partial charge in [-0.2, -0.15) is 0 Å². The zero-order valence-corrected chi connectivity index (χ0v) is 11.9. The van der Waals surface area contributed by atoms with E-state index in [4.69, 9.17) is 5.73 Å². The van der Waals surface area contributed by atoms with Crippen LogP contribution in [0.15, 0.2) is 11.8 Å². The minimum atomic E-state index is 0.198. The molecule has 0 spiro atoms. The summed E-state index contributed by atoms with van der Waals surface area (Å²) in [5, 5.41) is 0. The molecule has 1 saturated heterocycles. The number of hydrogen-bond donors (Lipinski definition) is 1. The van der Waals surface area contributed by atoms with E-state index in [9.17, 15) is 0 Å². The van der Waals surface area contributed by atoms with Crippen molar-refractivity contribution in [3.63, 3.8) is 0 Å². The van der Waals surface area contributed by atoms with Crippen molar-refractivity contribution in [2.75, 3.05) is 13.1 Å². The Labute approximate surface area is 106 Å². The minimum Gasteiger partial charge on any atom is -0.402 e. The average molecular weight is 236 g/mol. The van der Waals surface area contributed by atoms with Gasteiger partial charge in [0.25, 0.3) is 0 Å². The molecular formula is C15H28N2. The van der Waals surface area contributed by atoms with E-state index in [-0.39, 0.29) is 5.41 Å². The summed E-state index contributed by atoms with van der Waals surface area (Å²) < 4.78 is 0. The maximum absolute atomic E-state index is 6.12. The lowest BCUT2D eigenvalue weighted by molar-refractivity contribution is 0.000236. The highest BCUT2D eigenvalue weighted by Crippen LogP contribution is 2.47. The van der Waals surface area contributed by atoms with Crippen LogP contribution in [-0.4, -0.2) is 24.0 Å². The van der Waals surface area contributed by atoms with Crippen LogP contribution >= 0.6 is 0 Å². The molecule has 0 radical (unpaired) electrons. The molecule has 2 nitrogen and oxygen atoms in total. The number of hydrogen-bond acceptors (Lipinski definition) is 2. The summed E-state index contributed by atoms with van der Waals surface area (Å²) in [6.07, 6.45) is 7.47. The van der Waals surface area contributed by atoms with E-state index in [1.807, 2.05) is 0 Å². The molecular weight excluding hydrogens is 208 g/mol. The smallest absolute Gasteiger partial charge is 0.0236 e. The van der Waals surface area contributed by atoms with Gasteiger partial charge in [0.1, 0.15) is 0 Å². The van der Waals surface area contributed by atoms with Crippen molar-refractivity contribution < 1.29 is 0 Å². The monoisotopic (exact) mass is 236 g/mol. The van der Waals surface area contributed by atoms with Crippen molar-refractivity contribution >= 4 is 0 Å². The SMILES string of the molecule is CC1(C)C=C(N)CC(C)(C)C1N1CCCCC1. The first-order chi connectivity index (χ1) is 7.83. The van der Waals surface area contributed by atoms with E-state index >= 15 is 0 Å². The molecule has 0 bridgehead atoms. The summed E-state index contributed by atoms with van der Waals surface area (Å²) in [6, 6.07) is 0.627. The normalized spacial score (nSPS) is 33.2. The average Bonchev–Trinajstić information content (AvgIpc) is 2.14. The largest absolute Gasteiger partial charge is 0.402 e. The topological polar surface area (TPSA) is 29.3 Å². The van der Waals surface area contributed by atoms with Crippen LogP contribution < -0.4 is 5.73 Å². The fraction of sp³-hybridized carbons (Fsp3) is 0.867. The summed E-state index contributed by atoms with van der Waals surface area (Å²) in [7, 11) is 0. The molecule has 0 aromatic heterocycles. The van der Waals surface area contributed by atoms with Gasteiger partial charge >= 0.3 is 0 Å². The molecule has 1 atom stereocenters. The Kier molecular flexibility index (Phi) is 3.28. The van der Waals surface area contributed by atoms with Crippen LogP contribution in [0.4, 0.5) is 0 Å². The van der Waals surface area contributed by atoms with Crippen LogP contribution in [0, 0.1) is 10.8 Å². The highest BCUT2D eigenvalue weighted by Gasteiger charge is 2.46. The Morgan fingerprint density at radius 3 is 2.24 bits per heavy atom. The van der Waals surface area contributed by atoms with Crippen molar-refractivity contribution in [1.29, 1.82) is 0 Å². The van der Waals surface area contributed by atoms with Gasteiger partial charge in [0.15, 0.2) is 0 Å². The standard InChI is InChI=1S/C15H28N2/c1-14(2)10-12(16)11-15(3,4)13(14)17-8-6-5-7-9-17/h10,13H,5-9,11,16H2,1-4H3. The summed E-state index contributed by atoms with van der Waals surface area (Å²) in [5.74, 6) is 0. The minimum absolute atomic E-state index is 0.198. The van der Waals surface area contributed by atoms with Crippen molar-refractivity contribution in [3.05, 3.63) is 11.8 Å². The predicted octanol–water partition coefficient (Wildman–Crippen LogP) is 3.14. The number of likely N-dealkylation sites (tertiary alicyclic amines) is 1. The Morgan fingerprint density at radius 1 is 1.12 bits per heavy atom. The van der Waals surface area contributed by atoms with Gasteiger partial charge in [-0.25, -0.2) is 0 Å². The van der Waals surface area contributed by atoms with Crippen LogP contribution in [0.5, 0.6) is 0 Å². The summed E-state index contributed by atoms with van der Waals surface area (Å²) in [5.41, 5.74) is 7.69. The first-order valence-corrected chi connectivity index (χ1v) is 7.04. The summed E-state index contributed by atoms with van der Waals surface area (Å²) in [4.78, 5) is 2.71. The van der Waals surface area contributed by atoms with Gasteiger partial charge in [0, 0.05) is 17.2 Å². The van der Waals surface area contributed by atoms with Crippen molar-refractivity contribution in [1.82, 2.24) is 4.90 Å². The second-order valence-electron chi connectivity index (χ2n) is 7.21. The molecule has 0 amide bonds. The first kappa shape index (κ1) is 12.9. The number of rotatable bonds is 1. The van der Waals surface area contributed by atoms with Crippen LogP contribution in [0.2, 0.25) is 0 Å². The van der Waals surface area contributed by atoms with E-state index in [0.29, 0.717) is 11.5 Å². The maximum atomic E-state index is 6.12. The highest BCUT2D eigenvalue weighted by atomic mass is 15.2. The number of nitrogens with two attached hydrogens (primary N) is 1. The second-order valence-corrected chi connectivity index (χ2v) is 7.21. The predicted molar refractivity (Wildman–Crippen MR) is 73.7 cm³/mol. The van der Waals surface area contributed by atoms with Gasteiger partial charge in [-0.3, -0.25) is 4.90 Å². The second kappa shape index (κ2) is 4.31. The number of nitrogens with zero attached hydrogens (tertiary/aromatic N) is 1. The third kappa shape index (κ3) is 2.52. The molecule has 2 N–H and O–H groups in total. The van der Waals surface area contributed by atoms with Crippen LogP contribution in [0.1, 0.15) is 53.4 Å². The molecule has 0 aromatic rings. The lowest BCUT2D eigenvalue weighted by Crippen LogP contribution is -2.56. The van der Waals surface area contributed by atoms with E-state index in [2.05, 4.69) is 38.7 Å². The van der Waals surface area contributed by atoms with Gasteiger partial charge in [0.2, 0.25) is 0 Å². The Balaban J connectivity index is 2.28. The van der Waals surface area contributed by atoms with Gasteiger partial charge in [-0.15, -0.1) is 0 Å². The molecule has 2 rings (SSSR count). The number of allylic oxidation sites excluding steroid dienone is 1. The van der Waals surface area contributed by atoms with Gasteiger partial charge < -0.3 is 5.73 Å². The Morgan fingerprint density at radius 2 is 1.71 bits per heavy atom. The summed E-state index contributed by atoms with van der Waals surface area (Å²) in [6.45, 7) is 12.0. The van der Waals surface area contributed by atoms with Crippen molar-refractivity contribution in [2.24, 2.45) is 16.6 Å². The lowest BCUT2D eigenvalue weighted by atomic mass is 9.63. The molecule has 1 aliphatic heterocycles. The van der Waals surface area contributed by atoms with Crippen LogP contribution in [0.3, 0.4) is 0 Å².